The maximum Gasteiger partial charge on any atom is 0.119 e. The zero-order valence-electron chi connectivity index (χ0n) is 12.0. The molecule has 3 unspecified atom stereocenters. The van der Waals surface area contributed by atoms with Crippen LogP contribution in [0.15, 0.2) is 29.4 Å². The second-order valence-corrected chi connectivity index (χ2v) is 5.72. The molecular weight excluding hydrogens is 238 g/mol. The van der Waals surface area contributed by atoms with Crippen LogP contribution in [0, 0.1) is 11.8 Å². The smallest absolute Gasteiger partial charge is 0.119 e. The van der Waals surface area contributed by atoms with E-state index in [1.165, 1.54) is 6.42 Å². The van der Waals surface area contributed by atoms with Gasteiger partial charge in [-0.1, -0.05) is 19.0 Å². The Morgan fingerprint density at radius 1 is 1.16 bits per heavy atom. The summed E-state index contributed by atoms with van der Waals surface area (Å²) in [4.78, 5) is 0. The van der Waals surface area contributed by atoms with Crippen LogP contribution in [0.25, 0.3) is 0 Å². The summed E-state index contributed by atoms with van der Waals surface area (Å²) >= 11 is 0. The molecule has 1 aromatic rings. The minimum Gasteiger partial charge on any atom is -0.490 e. The third-order valence-corrected chi connectivity index (χ3v) is 4.27. The molecule has 1 fully saturated rings. The van der Waals surface area contributed by atoms with E-state index in [0.717, 1.165) is 36.0 Å². The van der Waals surface area contributed by atoms with Gasteiger partial charge in [0.25, 0.3) is 0 Å². The Morgan fingerprint density at radius 3 is 2.42 bits per heavy atom. The predicted octanol–water partition coefficient (Wildman–Crippen LogP) is 4.09. The number of hydrogen-bond donors (Lipinski definition) is 1. The van der Waals surface area contributed by atoms with E-state index in [1.54, 1.807) is 6.92 Å². The van der Waals surface area contributed by atoms with Crippen LogP contribution in [-0.2, 0) is 0 Å². The molecule has 3 nitrogen and oxygen atoms in total. The summed E-state index contributed by atoms with van der Waals surface area (Å²) in [6.45, 7) is 6.41. The van der Waals surface area contributed by atoms with Crippen molar-refractivity contribution in [2.75, 3.05) is 0 Å². The van der Waals surface area contributed by atoms with E-state index in [4.69, 9.17) is 9.94 Å². The molecule has 0 spiro atoms. The number of rotatable bonds is 3. The van der Waals surface area contributed by atoms with E-state index >= 15 is 0 Å². The van der Waals surface area contributed by atoms with Gasteiger partial charge in [0.15, 0.2) is 0 Å². The van der Waals surface area contributed by atoms with Crippen LogP contribution >= 0.6 is 0 Å². The lowest BCUT2D eigenvalue weighted by Gasteiger charge is -2.32. The summed E-state index contributed by atoms with van der Waals surface area (Å²) in [6, 6.07) is 7.76. The SMILES string of the molecule is CC(=NO)c1ccc(OC2CCC(C)C(C)C2)cc1. The maximum absolute atomic E-state index is 8.73. The van der Waals surface area contributed by atoms with E-state index in [9.17, 15) is 0 Å². The van der Waals surface area contributed by atoms with E-state index in [-0.39, 0.29) is 0 Å². The first-order valence-corrected chi connectivity index (χ1v) is 7.06. The lowest BCUT2D eigenvalue weighted by molar-refractivity contribution is 0.101. The average Bonchev–Trinajstić information content (AvgIpc) is 2.43. The maximum atomic E-state index is 8.73. The van der Waals surface area contributed by atoms with Gasteiger partial charge < -0.3 is 9.94 Å². The standard InChI is InChI=1S/C16H23NO2/c1-11-4-7-16(10-12(11)2)19-15-8-5-14(6-9-15)13(3)17-18/h5-6,8-9,11-12,16,18H,4,7,10H2,1-3H3. The Hall–Kier alpha value is -1.51. The van der Waals surface area contributed by atoms with Gasteiger partial charge in [0.2, 0.25) is 0 Å². The zero-order valence-corrected chi connectivity index (χ0v) is 12.0. The Bertz CT molecular complexity index is 439. The Labute approximate surface area is 115 Å². The average molecular weight is 261 g/mol. The van der Waals surface area contributed by atoms with Crippen molar-refractivity contribution in [3.8, 4) is 5.75 Å². The van der Waals surface area contributed by atoms with Crippen LogP contribution in [0.1, 0.15) is 45.6 Å². The third kappa shape index (κ3) is 3.49. The van der Waals surface area contributed by atoms with Crippen molar-refractivity contribution in [3.63, 3.8) is 0 Å². The number of hydrogen-bond acceptors (Lipinski definition) is 3. The highest BCUT2D eigenvalue weighted by atomic mass is 16.5. The van der Waals surface area contributed by atoms with Crippen LogP contribution in [0.2, 0.25) is 0 Å². The largest absolute Gasteiger partial charge is 0.490 e. The van der Waals surface area contributed by atoms with Gasteiger partial charge in [-0.05, 0) is 67.9 Å². The van der Waals surface area contributed by atoms with Crippen molar-refractivity contribution in [1.29, 1.82) is 0 Å². The second kappa shape index (κ2) is 6.09. The highest BCUT2D eigenvalue weighted by molar-refractivity contribution is 5.98. The molecule has 1 saturated carbocycles. The zero-order chi connectivity index (χ0) is 13.8. The molecule has 0 amide bonds. The summed E-state index contributed by atoms with van der Waals surface area (Å²) in [5, 5.41) is 11.9. The van der Waals surface area contributed by atoms with E-state index in [0.29, 0.717) is 11.8 Å². The molecule has 19 heavy (non-hydrogen) atoms. The summed E-state index contributed by atoms with van der Waals surface area (Å²) in [7, 11) is 0. The molecule has 0 aromatic heterocycles. The van der Waals surface area contributed by atoms with Crippen molar-refractivity contribution < 1.29 is 9.94 Å². The lowest BCUT2D eigenvalue weighted by atomic mass is 9.80. The molecule has 104 valence electrons. The highest BCUT2D eigenvalue weighted by Crippen LogP contribution is 2.31. The Kier molecular flexibility index (Phi) is 4.46. The van der Waals surface area contributed by atoms with Crippen LogP contribution in [0.3, 0.4) is 0 Å². The van der Waals surface area contributed by atoms with Crippen molar-refractivity contribution in [2.45, 2.75) is 46.1 Å². The topological polar surface area (TPSA) is 41.8 Å². The van der Waals surface area contributed by atoms with Gasteiger partial charge in [-0.3, -0.25) is 0 Å². The quantitative estimate of drug-likeness (QED) is 0.506. The molecule has 1 aliphatic rings. The molecule has 2 rings (SSSR count). The minimum absolute atomic E-state index is 0.338. The van der Waals surface area contributed by atoms with Crippen molar-refractivity contribution >= 4 is 5.71 Å². The van der Waals surface area contributed by atoms with Crippen molar-refractivity contribution in [1.82, 2.24) is 0 Å². The summed E-state index contributed by atoms with van der Waals surface area (Å²) in [5.74, 6) is 2.45. The fraction of sp³-hybridized carbons (Fsp3) is 0.562. The molecule has 0 saturated heterocycles. The van der Waals surface area contributed by atoms with Crippen LogP contribution < -0.4 is 4.74 Å². The van der Waals surface area contributed by atoms with Crippen LogP contribution in [0.4, 0.5) is 0 Å². The monoisotopic (exact) mass is 261 g/mol. The van der Waals surface area contributed by atoms with Gasteiger partial charge in [0.05, 0.1) is 11.8 Å². The van der Waals surface area contributed by atoms with Crippen LogP contribution in [-0.4, -0.2) is 17.0 Å². The molecule has 1 aromatic carbocycles. The first-order chi connectivity index (χ1) is 9.10. The van der Waals surface area contributed by atoms with Gasteiger partial charge in [-0.2, -0.15) is 0 Å². The van der Waals surface area contributed by atoms with E-state index in [1.807, 2.05) is 24.3 Å². The fourth-order valence-electron chi connectivity index (χ4n) is 2.63. The number of nitrogens with zero attached hydrogens (tertiary/aromatic N) is 1. The molecule has 3 atom stereocenters. The molecule has 1 aliphatic carbocycles. The fourth-order valence-corrected chi connectivity index (χ4v) is 2.63. The van der Waals surface area contributed by atoms with Crippen LogP contribution in [0.5, 0.6) is 5.75 Å². The summed E-state index contributed by atoms with van der Waals surface area (Å²) < 4.78 is 6.04. The van der Waals surface area contributed by atoms with E-state index < -0.39 is 0 Å². The van der Waals surface area contributed by atoms with Gasteiger partial charge in [-0.25, -0.2) is 0 Å². The van der Waals surface area contributed by atoms with Gasteiger partial charge in [0, 0.05) is 0 Å². The summed E-state index contributed by atoms with van der Waals surface area (Å²) in [6.07, 6.45) is 3.87. The minimum atomic E-state index is 0.338. The van der Waals surface area contributed by atoms with E-state index in [2.05, 4.69) is 19.0 Å². The Morgan fingerprint density at radius 2 is 1.84 bits per heavy atom. The number of oxime groups is 1. The number of ether oxygens (including phenoxy) is 1. The first kappa shape index (κ1) is 13.9. The molecule has 1 N–H and O–H groups in total. The van der Waals surface area contributed by atoms with Gasteiger partial charge in [0.1, 0.15) is 5.75 Å². The molecule has 3 heteroatoms. The molecular formula is C16H23NO2. The third-order valence-electron chi connectivity index (χ3n) is 4.27. The molecule has 0 heterocycles. The number of benzene rings is 1. The first-order valence-electron chi connectivity index (χ1n) is 7.06. The Balaban J connectivity index is 1.96. The normalized spacial score (nSPS) is 28.2. The van der Waals surface area contributed by atoms with Gasteiger partial charge in [-0.15, -0.1) is 0 Å². The lowest BCUT2D eigenvalue weighted by Crippen LogP contribution is -2.28. The highest BCUT2D eigenvalue weighted by Gasteiger charge is 2.25. The molecule has 0 aliphatic heterocycles. The molecule has 0 radical (unpaired) electrons. The second-order valence-electron chi connectivity index (χ2n) is 5.72. The van der Waals surface area contributed by atoms with Crippen molar-refractivity contribution in [2.24, 2.45) is 17.0 Å². The van der Waals surface area contributed by atoms with Gasteiger partial charge >= 0.3 is 0 Å². The predicted molar refractivity (Wildman–Crippen MR) is 77.0 cm³/mol. The van der Waals surface area contributed by atoms with Crippen molar-refractivity contribution in [3.05, 3.63) is 29.8 Å². The summed E-state index contributed by atoms with van der Waals surface area (Å²) in [5.41, 5.74) is 1.53. The molecule has 0 bridgehead atoms.